The van der Waals surface area contributed by atoms with Crippen LogP contribution in [0.1, 0.15) is 29.6 Å². The van der Waals surface area contributed by atoms with Crippen molar-refractivity contribution in [2.24, 2.45) is 29.6 Å². The number of Topliss-reactive ketones (excluding diaryl/α,β-unsaturated/α-hetero) is 1. The number of fused-ring (bicyclic) bond motifs is 5. The molecule has 0 aromatic heterocycles. The molecule has 18 heavy (non-hydrogen) atoms. The second kappa shape index (κ2) is 3.74. The highest BCUT2D eigenvalue weighted by molar-refractivity contribution is 6.36. The molecule has 1 aromatic carbocycles. The Labute approximate surface area is 116 Å². The van der Waals surface area contributed by atoms with Gasteiger partial charge in [0, 0.05) is 16.5 Å². The Bertz CT molecular complexity index is 523. The molecule has 0 saturated heterocycles. The molecule has 1 aromatic rings. The smallest absolute Gasteiger partial charge is 0.168 e. The molecule has 0 aliphatic heterocycles. The van der Waals surface area contributed by atoms with E-state index in [1.54, 1.807) is 18.2 Å². The van der Waals surface area contributed by atoms with Crippen LogP contribution in [0.25, 0.3) is 0 Å². The SMILES string of the molecule is O=C(c1cc(Cl)ccc1Cl)C1C2C3CCC(C3)C12. The zero-order valence-electron chi connectivity index (χ0n) is 9.90. The monoisotopic (exact) mass is 280 g/mol. The molecule has 3 fully saturated rings. The summed E-state index contributed by atoms with van der Waals surface area (Å²) in [6.45, 7) is 0. The summed E-state index contributed by atoms with van der Waals surface area (Å²) in [7, 11) is 0. The highest BCUT2D eigenvalue weighted by Crippen LogP contribution is 2.70. The fraction of sp³-hybridized carbons (Fsp3) is 0.533. The van der Waals surface area contributed by atoms with Gasteiger partial charge < -0.3 is 0 Å². The number of hydrogen-bond donors (Lipinski definition) is 0. The maximum Gasteiger partial charge on any atom is 0.168 e. The molecule has 0 amide bonds. The van der Waals surface area contributed by atoms with Crippen molar-refractivity contribution in [2.45, 2.75) is 19.3 Å². The van der Waals surface area contributed by atoms with Crippen molar-refractivity contribution in [1.29, 1.82) is 0 Å². The third-order valence-corrected chi connectivity index (χ3v) is 5.80. The first-order valence-corrected chi connectivity index (χ1v) is 7.41. The summed E-state index contributed by atoms with van der Waals surface area (Å²) >= 11 is 12.1. The minimum Gasteiger partial charge on any atom is -0.294 e. The summed E-state index contributed by atoms with van der Waals surface area (Å²) in [6.07, 6.45) is 4.03. The molecule has 2 bridgehead atoms. The lowest BCUT2D eigenvalue weighted by atomic mass is 9.96. The maximum absolute atomic E-state index is 12.6. The summed E-state index contributed by atoms with van der Waals surface area (Å²) in [5.74, 6) is 3.41. The third-order valence-electron chi connectivity index (χ3n) is 5.23. The Hall–Kier alpha value is -0.530. The summed E-state index contributed by atoms with van der Waals surface area (Å²) < 4.78 is 0. The van der Waals surface area contributed by atoms with Gasteiger partial charge in [0.05, 0.1) is 5.02 Å². The zero-order valence-corrected chi connectivity index (χ0v) is 11.4. The van der Waals surface area contributed by atoms with Gasteiger partial charge >= 0.3 is 0 Å². The van der Waals surface area contributed by atoms with Crippen LogP contribution < -0.4 is 0 Å². The molecule has 3 saturated carbocycles. The Balaban J connectivity index is 1.64. The minimum absolute atomic E-state index is 0.231. The van der Waals surface area contributed by atoms with Gasteiger partial charge in [-0.2, -0.15) is 0 Å². The first-order valence-electron chi connectivity index (χ1n) is 6.66. The number of ketones is 1. The summed E-state index contributed by atoms with van der Waals surface area (Å²) in [4.78, 5) is 12.6. The van der Waals surface area contributed by atoms with E-state index in [1.807, 2.05) is 0 Å². The average molecular weight is 281 g/mol. The first kappa shape index (κ1) is 11.3. The highest BCUT2D eigenvalue weighted by atomic mass is 35.5. The Morgan fingerprint density at radius 3 is 2.44 bits per heavy atom. The van der Waals surface area contributed by atoms with Crippen LogP contribution in [-0.2, 0) is 0 Å². The molecular formula is C15H14Cl2O. The van der Waals surface area contributed by atoms with Gasteiger partial charge in [-0.05, 0) is 61.1 Å². The molecule has 0 radical (unpaired) electrons. The van der Waals surface area contributed by atoms with Gasteiger partial charge in [-0.15, -0.1) is 0 Å². The fourth-order valence-electron chi connectivity index (χ4n) is 4.54. The second-order valence-corrected chi connectivity index (χ2v) is 6.85. The largest absolute Gasteiger partial charge is 0.294 e. The number of benzene rings is 1. The van der Waals surface area contributed by atoms with Gasteiger partial charge in [0.25, 0.3) is 0 Å². The van der Waals surface area contributed by atoms with Crippen LogP contribution in [0.4, 0.5) is 0 Å². The fourth-order valence-corrected chi connectivity index (χ4v) is 4.92. The van der Waals surface area contributed by atoms with Crippen LogP contribution in [0.3, 0.4) is 0 Å². The summed E-state index contributed by atoms with van der Waals surface area (Å²) in [5.41, 5.74) is 0.628. The number of rotatable bonds is 2. The lowest BCUT2D eigenvalue weighted by Gasteiger charge is -2.09. The van der Waals surface area contributed by atoms with Gasteiger partial charge in [-0.3, -0.25) is 4.79 Å². The number of halogens is 2. The van der Waals surface area contributed by atoms with E-state index in [2.05, 4.69) is 0 Å². The zero-order chi connectivity index (χ0) is 12.4. The van der Waals surface area contributed by atoms with E-state index >= 15 is 0 Å². The molecule has 4 rings (SSSR count). The van der Waals surface area contributed by atoms with Crippen LogP contribution in [0, 0.1) is 29.6 Å². The molecule has 0 N–H and O–H groups in total. The van der Waals surface area contributed by atoms with Crippen molar-refractivity contribution >= 4 is 29.0 Å². The van der Waals surface area contributed by atoms with Crippen molar-refractivity contribution in [3.05, 3.63) is 33.8 Å². The van der Waals surface area contributed by atoms with Crippen LogP contribution in [-0.4, -0.2) is 5.78 Å². The topological polar surface area (TPSA) is 17.1 Å². The van der Waals surface area contributed by atoms with E-state index in [0.717, 1.165) is 11.8 Å². The van der Waals surface area contributed by atoms with Crippen LogP contribution in [0.15, 0.2) is 18.2 Å². The lowest BCUT2D eigenvalue weighted by molar-refractivity contribution is 0.0944. The quantitative estimate of drug-likeness (QED) is 0.731. The molecule has 1 nitrogen and oxygen atoms in total. The standard InChI is InChI=1S/C15H14Cl2O/c16-9-3-4-11(17)10(6-9)15(18)14-12-7-1-2-8(5-7)13(12)14/h3-4,6-8,12-14H,1-2,5H2. The minimum atomic E-state index is 0.231. The molecule has 3 aliphatic rings. The lowest BCUT2D eigenvalue weighted by Crippen LogP contribution is -2.10. The average Bonchev–Trinajstić information content (AvgIpc) is 2.79. The predicted molar refractivity (Wildman–Crippen MR) is 72.1 cm³/mol. The van der Waals surface area contributed by atoms with Crippen molar-refractivity contribution in [3.8, 4) is 0 Å². The van der Waals surface area contributed by atoms with Crippen molar-refractivity contribution in [3.63, 3.8) is 0 Å². The third kappa shape index (κ3) is 1.44. The number of carbonyl (C=O) groups is 1. The van der Waals surface area contributed by atoms with E-state index in [1.165, 1.54) is 19.3 Å². The van der Waals surface area contributed by atoms with Crippen LogP contribution in [0.2, 0.25) is 10.0 Å². The Morgan fingerprint density at radius 1 is 1.11 bits per heavy atom. The Morgan fingerprint density at radius 2 is 1.78 bits per heavy atom. The summed E-state index contributed by atoms with van der Waals surface area (Å²) in [6, 6.07) is 5.18. The molecule has 4 atom stereocenters. The molecular weight excluding hydrogens is 267 g/mol. The van der Waals surface area contributed by atoms with Crippen LogP contribution in [0.5, 0.6) is 0 Å². The molecule has 94 valence electrons. The van der Waals surface area contributed by atoms with Crippen molar-refractivity contribution < 1.29 is 4.79 Å². The molecule has 4 unspecified atom stereocenters. The van der Waals surface area contributed by atoms with Gasteiger partial charge in [0.15, 0.2) is 5.78 Å². The predicted octanol–water partition coefficient (Wildman–Crippen LogP) is 4.47. The van der Waals surface area contributed by atoms with E-state index in [4.69, 9.17) is 23.2 Å². The first-order chi connectivity index (χ1) is 8.66. The maximum atomic E-state index is 12.6. The van der Waals surface area contributed by atoms with E-state index in [-0.39, 0.29) is 11.7 Å². The van der Waals surface area contributed by atoms with Gasteiger partial charge in [0.2, 0.25) is 0 Å². The van der Waals surface area contributed by atoms with E-state index in [9.17, 15) is 4.79 Å². The highest BCUT2D eigenvalue weighted by Gasteiger charge is 2.67. The number of hydrogen-bond acceptors (Lipinski definition) is 1. The molecule has 3 aliphatic carbocycles. The van der Waals surface area contributed by atoms with Gasteiger partial charge in [-0.25, -0.2) is 0 Å². The Kier molecular flexibility index (Phi) is 2.35. The van der Waals surface area contributed by atoms with Gasteiger partial charge in [0.1, 0.15) is 0 Å². The van der Waals surface area contributed by atoms with Gasteiger partial charge in [-0.1, -0.05) is 23.2 Å². The molecule has 0 heterocycles. The van der Waals surface area contributed by atoms with E-state index < -0.39 is 0 Å². The summed E-state index contributed by atoms with van der Waals surface area (Å²) in [5, 5.41) is 1.14. The normalized spacial score (nSPS) is 39.8. The molecule has 0 spiro atoms. The van der Waals surface area contributed by atoms with Crippen molar-refractivity contribution in [1.82, 2.24) is 0 Å². The second-order valence-electron chi connectivity index (χ2n) is 6.00. The van der Waals surface area contributed by atoms with Crippen molar-refractivity contribution in [2.75, 3.05) is 0 Å². The van der Waals surface area contributed by atoms with Crippen LogP contribution >= 0.6 is 23.2 Å². The molecule has 3 heteroatoms. The van der Waals surface area contributed by atoms with E-state index in [0.29, 0.717) is 27.4 Å². The number of carbonyl (C=O) groups excluding carboxylic acids is 1.